The van der Waals surface area contributed by atoms with E-state index < -0.39 is 0 Å². The fourth-order valence-corrected chi connectivity index (χ4v) is 4.47. The summed E-state index contributed by atoms with van der Waals surface area (Å²) in [7, 11) is 6.55. The number of likely N-dealkylation sites (tertiary alicyclic amines) is 1. The molecule has 1 fully saturated rings. The number of ether oxygens (including phenoxy) is 4. The van der Waals surface area contributed by atoms with E-state index in [4.69, 9.17) is 18.9 Å². The molecule has 1 aliphatic rings. The van der Waals surface area contributed by atoms with Gasteiger partial charge in [-0.2, -0.15) is 0 Å². The summed E-state index contributed by atoms with van der Waals surface area (Å²) < 4.78 is 21.8. The highest BCUT2D eigenvalue weighted by atomic mass is 16.5. The minimum atomic E-state index is -0.161. The van der Waals surface area contributed by atoms with Crippen molar-refractivity contribution in [3.63, 3.8) is 0 Å². The summed E-state index contributed by atoms with van der Waals surface area (Å²) in [5.74, 6) is 2.78. The Labute approximate surface area is 179 Å². The van der Waals surface area contributed by atoms with Gasteiger partial charge in [0.1, 0.15) is 5.75 Å². The lowest BCUT2D eigenvalue weighted by Gasteiger charge is -2.42. The molecule has 0 spiro atoms. The molecule has 1 heterocycles. The molecule has 1 atom stereocenters. The van der Waals surface area contributed by atoms with Crippen LogP contribution in [0.5, 0.6) is 23.0 Å². The number of hydrogen-bond donors (Lipinski definition) is 1. The van der Waals surface area contributed by atoms with Gasteiger partial charge in [0.2, 0.25) is 5.75 Å². The largest absolute Gasteiger partial charge is 0.497 e. The van der Waals surface area contributed by atoms with Gasteiger partial charge in [-0.1, -0.05) is 12.1 Å². The van der Waals surface area contributed by atoms with E-state index in [1.54, 1.807) is 28.4 Å². The molecule has 6 heteroatoms. The lowest BCUT2D eigenvalue weighted by atomic mass is 9.75. The predicted molar refractivity (Wildman–Crippen MR) is 117 cm³/mol. The maximum Gasteiger partial charge on any atom is 0.203 e. The predicted octanol–water partition coefficient (Wildman–Crippen LogP) is 3.54. The van der Waals surface area contributed by atoms with Crippen molar-refractivity contribution in [1.29, 1.82) is 0 Å². The molecule has 2 aromatic rings. The van der Waals surface area contributed by atoms with Crippen LogP contribution in [0.3, 0.4) is 0 Å². The van der Waals surface area contributed by atoms with Crippen LogP contribution in [-0.4, -0.2) is 58.1 Å². The van der Waals surface area contributed by atoms with Gasteiger partial charge in [-0.3, -0.25) is 4.90 Å². The molecule has 0 radical (unpaired) electrons. The number of aliphatic hydroxyl groups is 1. The summed E-state index contributed by atoms with van der Waals surface area (Å²) in [6, 6.07) is 12.1. The van der Waals surface area contributed by atoms with E-state index in [-0.39, 0.29) is 12.0 Å². The SMILES string of the molecule is COc1cccc(CC2(CO)CCCN(Cc3cc(OC)c(OC)c(OC)c3)C2)c1. The smallest absolute Gasteiger partial charge is 0.203 e. The first kappa shape index (κ1) is 22.2. The van der Waals surface area contributed by atoms with E-state index in [0.717, 1.165) is 50.2 Å². The summed E-state index contributed by atoms with van der Waals surface area (Å²) in [5, 5.41) is 10.3. The molecule has 0 aromatic heterocycles. The molecule has 0 bridgehead atoms. The van der Waals surface area contributed by atoms with Crippen LogP contribution < -0.4 is 18.9 Å². The Bertz CT molecular complexity index is 815. The van der Waals surface area contributed by atoms with Crippen LogP contribution in [0.4, 0.5) is 0 Å². The highest BCUT2D eigenvalue weighted by molar-refractivity contribution is 5.53. The first-order chi connectivity index (χ1) is 14.6. The van der Waals surface area contributed by atoms with E-state index in [0.29, 0.717) is 17.2 Å². The first-order valence-corrected chi connectivity index (χ1v) is 10.3. The van der Waals surface area contributed by atoms with Crippen molar-refractivity contribution in [2.75, 3.05) is 48.1 Å². The lowest BCUT2D eigenvalue weighted by molar-refractivity contribution is 0.0288. The minimum absolute atomic E-state index is 0.161. The topological polar surface area (TPSA) is 60.4 Å². The molecule has 1 unspecified atom stereocenters. The van der Waals surface area contributed by atoms with Gasteiger partial charge in [-0.25, -0.2) is 0 Å². The second kappa shape index (κ2) is 10.0. The zero-order valence-corrected chi connectivity index (χ0v) is 18.4. The molecule has 2 aromatic carbocycles. The second-order valence-corrected chi connectivity index (χ2v) is 8.03. The van der Waals surface area contributed by atoms with E-state index in [1.165, 1.54) is 5.56 Å². The van der Waals surface area contributed by atoms with Crippen molar-refractivity contribution in [2.24, 2.45) is 5.41 Å². The highest BCUT2D eigenvalue weighted by Crippen LogP contribution is 2.39. The van der Waals surface area contributed by atoms with Crippen LogP contribution >= 0.6 is 0 Å². The third-order valence-electron chi connectivity index (χ3n) is 5.92. The molecule has 6 nitrogen and oxygen atoms in total. The summed E-state index contributed by atoms with van der Waals surface area (Å²) in [5.41, 5.74) is 2.13. The van der Waals surface area contributed by atoms with Gasteiger partial charge in [0.15, 0.2) is 11.5 Å². The lowest BCUT2D eigenvalue weighted by Crippen LogP contribution is -2.46. The summed E-state index contributed by atoms with van der Waals surface area (Å²) >= 11 is 0. The van der Waals surface area contributed by atoms with Gasteiger partial charge in [0, 0.05) is 18.5 Å². The standard InChI is InChI=1S/C24H33NO5/c1-27-20-8-5-7-18(11-20)14-24(17-26)9-6-10-25(16-24)15-19-12-21(28-2)23(30-4)22(13-19)29-3/h5,7-8,11-13,26H,6,9-10,14-17H2,1-4H3. The normalized spacial score (nSPS) is 19.4. The molecule has 1 saturated heterocycles. The molecule has 164 valence electrons. The zero-order valence-electron chi connectivity index (χ0n) is 18.4. The van der Waals surface area contributed by atoms with E-state index in [2.05, 4.69) is 17.0 Å². The summed E-state index contributed by atoms with van der Waals surface area (Å²) in [6.07, 6.45) is 2.88. The number of methoxy groups -OCH3 is 4. The fraction of sp³-hybridized carbons (Fsp3) is 0.500. The maximum absolute atomic E-state index is 10.3. The summed E-state index contributed by atoms with van der Waals surface area (Å²) in [4.78, 5) is 2.40. The minimum Gasteiger partial charge on any atom is -0.497 e. The van der Waals surface area contributed by atoms with Crippen LogP contribution in [0, 0.1) is 5.41 Å². The van der Waals surface area contributed by atoms with E-state index >= 15 is 0 Å². The maximum atomic E-state index is 10.3. The molecule has 1 aliphatic heterocycles. The third kappa shape index (κ3) is 4.99. The molecule has 1 N–H and O–H groups in total. The molecule has 0 aliphatic carbocycles. The van der Waals surface area contributed by atoms with Crippen LogP contribution in [0.25, 0.3) is 0 Å². The van der Waals surface area contributed by atoms with Crippen LogP contribution in [0.2, 0.25) is 0 Å². The van der Waals surface area contributed by atoms with Gasteiger partial charge in [0.25, 0.3) is 0 Å². The molecule has 0 saturated carbocycles. The molecular weight excluding hydrogens is 382 g/mol. The van der Waals surface area contributed by atoms with Crippen molar-refractivity contribution in [1.82, 2.24) is 4.90 Å². The average molecular weight is 416 g/mol. The van der Waals surface area contributed by atoms with Crippen LogP contribution in [-0.2, 0) is 13.0 Å². The van der Waals surface area contributed by atoms with Crippen LogP contribution in [0.1, 0.15) is 24.0 Å². The van der Waals surface area contributed by atoms with Gasteiger partial charge in [-0.15, -0.1) is 0 Å². The van der Waals surface area contributed by atoms with E-state index in [1.807, 2.05) is 24.3 Å². The van der Waals surface area contributed by atoms with Crippen molar-refractivity contribution in [2.45, 2.75) is 25.8 Å². The number of aliphatic hydroxyl groups excluding tert-OH is 1. The van der Waals surface area contributed by atoms with Crippen molar-refractivity contribution < 1.29 is 24.1 Å². The van der Waals surface area contributed by atoms with Crippen molar-refractivity contribution in [3.8, 4) is 23.0 Å². The van der Waals surface area contributed by atoms with Crippen LogP contribution in [0.15, 0.2) is 36.4 Å². The number of benzene rings is 2. The zero-order chi connectivity index (χ0) is 21.6. The van der Waals surface area contributed by atoms with Gasteiger partial charge >= 0.3 is 0 Å². The molecule has 0 amide bonds. The molecular formula is C24H33NO5. The highest BCUT2D eigenvalue weighted by Gasteiger charge is 2.35. The van der Waals surface area contributed by atoms with Crippen molar-refractivity contribution >= 4 is 0 Å². The number of rotatable bonds is 9. The summed E-state index contributed by atoms with van der Waals surface area (Å²) in [6.45, 7) is 2.75. The quantitative estimate of drug-likeness (QED) is 0.676. The molecule has 30 heavy (non-hydrogen) atoms. The van der Waals surface area contributed by atoms with Gasteiger partial charge < -0.3 is 24.1 Å². The Kier molecular flexibility index (Phi) is 7.45. The Morgan fingerprint density at radius 2 is 1.67 bits per heavy atom. The number of hydrogen-bond acceptors (Lipinski definition) is 6. The average Bonchev–Trinajstić information content (AvgIpc) is 2.78. The monoisotopic (exact) mass is 415 g/mol. The second-order valence-electron chi connectivity index (χ2n) is 8.03. The first-order valence-electron chi connectivity index (χ1n) is 10.3. The van der Waals surface area contributed by atoms with E-state index in [9.17, 15) is 5.11 Å². The third-order valence-corrected chi connectivity index (χ3v) is 5.92. The van der Waals surface area contributed by atoms with Crippen molar-refractivity contribution in [3.05, 3.63) is 47.5 Å². The Balaban J connectivity index is 1.78. The number of piperidine rings is 1. The molecule has 3 rings (SSSR count). The van der Waals surface area contributed by atoms with Gasteiger partial charge in [-0.05, 0) is 61.2 Å². The Morgan fingerprint density at radius 1 is 0.933 bits per heavy atom. The Morgan fingerprint density at radius 3 is 2.27 bits per heavy atom. The number of nitrogens with zero attached hydrogens (tertiary/aromatic N) is 1. The Hall–Kier alpha value is -2.44. The van der Waals surface area contributed by atoms with Gasteiger partial charge in [0.05, 0.1) is 35.0 Å². The fourth-order valence-electron chi connectivity index (χ4n) is 4.47.